The van der Waals surface area contributed by atoms with E-state index in [1.807, 2.05) is 11.0 Å². The summed E-state index contributed by atoms with van der Waals surface area (Å²) in [6.45, 7) is 0.446. The maximum Gasteiger partial charge on any atom is 0.416 e. The standard InChI is InChI=1S/C15H14F3N5O/c1-24-11-5-13(14-20-8-21-22-14)23(7-11)12-3-2-10(15(16,17)18)4-9(12)6-19/h2-4,8,11,13H,5,7H2,1H3,(H,20,21,22)/t11-,13+/m1/s1. The van der Waals surface area contributed by atoms with E-state index in [0.717, 1.165) is 12.1 Å². The van der Waals surface area contributed by atoms with Gasteiger partial charge in [-0.1, -0.05) is 0 Å². The average Bonchev–Trinajstić information content (AvgIpc) is 3.22. The molecule has 126 valence electrons. The number of nitriles is 1. The average molecular weight is 337 g/mol. The third-order valence-corrected chi connectivity index (χ3v) is 4.10. The predicted octanol–water partition coefficient (Wildman–Crippen LogP) is 2.66. The van der Waals surface area contributed by atoms with Gasteiger partial charge in [0.2, 0.25) is 0 Å². The Morgan fingerprint density at radius 3 is 2.79 bits per heavy atom. The number of anilines is 1. The van der Waals surface area contributed by atoms with Gasteiger partial charge in [-0.15, -0.1) is 0 Å². The van der Waals surface area contributed by atoms with Gasteiger partial charge in [0.1, 0.15) is 18.2 Å². The van der Waals surface area contributed by atoms with Gasteiger partial charge in [-0.3, -0.25) is 5.10 Å². The molecule has 1 saturated heterocycles. The van der Waals surface area contributed by atoms with E-state index in [4.69, 9.17) is 4.74 Å². The molecule has 1 aliphatic heterocycles. The molecular weight excluding hydrogens is 323 g/mol. The number of aromatic nitrogens is 3. The molecule has 2 heterocycles. The third kappa shape index (κ3) is 2.92. The van der Waals surface area contributed by atoms with Crippen LogP contribution in [0.3, 0.4) is 0 Å². The summed E-state index contributed by atoms with van der Waals surface area (Å²) in [5.74, 6) is 0.582. The minimum Gasteiger partial charge on any atom is -0.380 e. The molecule has 6 nitrogen and oxygen atoms in total. The number of rotatable bonds is 3. The number of benzene rings is 1. The van der Waals surface area contributed by atoms with Crippen LogP contribution in [0.5, 0.6) is 0 Å². The molecule has 0 unspecified atom stereocenters. The Labute approximate surface area is 135 Å². The molecule has 0 aliphatic carbocycles. The van der Waals surface area contributed by atoms with Crippen LogP contribution in [0.15, 0.2) is 24.5 Å². The molecule has 9 heteroatoms. The zero-order chi connectivity index (χ0) is 17.3. The summed E-state index contributed by atoms with van der Waals surface area (Å²) >= 11 is 0. The van der Waals surface area contributed by atoms with Crippen molar-refractivity contribution in [3.63, 3.8) is 0 Å². The lowest BCUT2D eigenvalue weighted by molar-refractivity contribution is -0.137. The molecule has 2 aromatic rings. The number of hydrogen-bond acceptors (Lipinski definition) is 5. The Morgan fingerprint density at radius 2 is 2.21 bits per heavy atom. The molecule has 0 spiro atoms. The quantitative estimate of drug-likeness (QED) is 0.932. The highest BCUT2D eigenvalue weighted by Gasteiger charge is 2.37. The van der Waals surface area contributed by atoms with Crippen molar-refractivity contribution >= 4 is 5.69 Å². The number of H-pyrrole nitrogens is 1. The zero-order valence-corrected chi connectivity index (χ0v) is 12.7. The molecule has 3 rings (SSSR count). The Hall–Kier alpha value is -2.60. The summed E-state index contributed by atoms with van der Waals surface area (Å²) in [6, 6.07) is 4.78. The van der Waals surface area contributed by atoms with E-state index in [2.05, 4.69) is 15.2 Å². The maximum absolute atomic E-state index is 12.9. The van der Waals surface area contributed by atoms with Crippen LogP contribution in [0.1, 0.15) is 29.4 Å². The highest BCUT2D eigenvalue weighted by Crippen LogP contribution is 2.39. The van der Waals surface area contributed by atoms with E-state index in [0.29, 0.717) is 24.5 Å². The molecule has 1 aliphatic rings. The van der Waals surface area contributed by atoms with E-state index in [-0.39, 0.29) is 17.7 Å². The summed E-state index contributed by atoms with van der Waals surface area (Å²) in [6.07, 6.45) is -2.65. The smallest absolute Gasteiger partial charge is 0.380 e. The van der Waals surface area contributed by atoms with Crippen LogP contribution in [0, 0.1) is 11.3 Å². The van der Waals surface area contributed by atoms with Gasteiger partial charge in [-0.25, -0.2) is 4.98 Å². The minimum atomic E-state index is -4.49. The fraction of sp³-hybridized carbons (Fsp3) is 0.400. The predicted molar refractivity (Wildman–Crippen MR) is 78.0 cm³/mol. The molecule has 1 aromatic heterocycles. The summed E-state index contributed by atoms with van der Waals surface area (Å²) in [4.78, 5) is 5.96. The van der Waals surface area contributed by atoms with Crippen LogP contribution in [0.25, 0.3) is 0 Å². The molecule has 0 bridgehead atoms. The van der Waals surface area contributed by atoms with E-state index < -0.39 is 11.7 Å². The number of ether oxygens (including phenoxy) is 1. The summed E-state index contributed by atoms with van der Waals surface area (Å²) < 4.78 is 44.0. The van der Waals surface area contributed by atoms with Gasteiger partial charge < -0.3 is 9.64 Å². The number of aromatic amines is 1. The Morgan fingerprint density at radius 1 is 1.42 bits per heavy atom. The normalized spacial score (nSPS) is 21.0. The van der Waals surface area contributed by atoms with E-state index in [9.17, 15) is 18.4 Å². The third-order valence-electron chi connectivity index (χ3n) is 4.10. The number of methoxy groups -OCH3 is 1. The van der Waals surface area contributed by atoms with Crippen molar-refractivity contribution in [3.8, 4) is 6.07 Å². The van der Waals surface area contributed by atoms with Crippen molar-refractivity contribution in [1.82, 2.24) is 15.2 Å². The number of hydrogen-bond donors (Lipinski definition) is 1. The molecule has 24 heavy (non-hydrogen) atoms. The van der Waals surface area contributed by atoms with Crippen LogP contribution >= 0.6 is 0 Å². The fourth-order valence-electron chi connectivity index (χ4n) is 2.92. The Balaban J connectivity index is 2.01. The van der Waals surface area contributed by atoms with Crippen molar-refractivity contribution in [2.45, 2.75) is 24.7 Å². The molecule has 0 amide bonds. The van der Waals surface area contributed by atoms with E-state index in [1.54, 1.807) is 7.11 Å². The first-order valence-electron chi connectivity index (χ1n) is 7.20. The minimum absolute atomic E-state index is 0.0360. The molecule has 0 saturated carbocycles. The first kappa shape index (κ1) is 16.3. The lowest BCUT2D eigenvalue weighted by atomic mass is 10.1. The molecule has 1 aromatic carbocycles. The van der Waals surface area contributed by atoms with Crippen LogP contribution in [0.2, 0.25) is 0 Å². The first-order chi connectivity index (χ1) is 11.4. The summed E-state index contributed by atoms with van der Waals surface area (Å²) in [5.41, 5.74) is -0.459. The lowest BCUT2D eigenvalue weighted by Crippen LogP contribution is -2.26. The molecule has 1 fully saturated rings. The fourth-order valence-corrected chi connectivity index (χ4v) is 2.92. The highest BCUT2D eigenvalue weighted by molar-refractivity contribution is 5.62. The van der Waals surface area contributed by atoms with E-state index >= 15 is 0 Å². The van der Waals surface area contributed by atoms with Gasteiger partial charge in [0, 0.05) is 20.1 Å². The number of alkyl halides is 3. The first-order valence-corrected chi connectivity index (χ1v) is 7.20. The second kappa shape index (κ2) is 6.13. The molecular formula is C15H14F3N5O. The Kier molecular flexibility index (Phi) is 4.15. The largest absolute Gasteiger partial charge is 0.416 e. The second-order valence-corrected chi connectivity index (χ2v) is 5.47. The van der Waals surface area contributed by atoms with Gasteiger partial charge in [0.05, 0.1) is 29.0 Å². The van der Waals surface area contributed by atoms with Crippen molar-refractivity contribution in [3.05, 3.63) is 41.5 Å². The van der Waals surface area contributed by atoms with Gasteiger partial charge in [-0.05, 0) is 18.2 Å². The summed E-state index contributed by atoms with van der Waals surface area (Å²) in [7, 11) is 1.57. The zero-order valence-electron chi connectivity index (χ0n) is 12.7. The lowest BCUT2D eigenvalue weighted by Gasteiger charge is -2.26. The topological polar surface area (TPSA) is 77.8 Å². The van der Waals surface area contributed by atoms with Crippen LogP contribution in [-0.4, -0.2) is 34.9 Å². The van der Waals surface area contributed by atoms with Crippen LogP contribution in [0.4, 0.5) is 18.9 Å². The van der Waals surface area contributed by atoms with Crippen molar-refractivity contribution in [2.24, 2.45) is 0 Å². The second-order valence-electron chi connectivity index (χ2n) is 5.47. The van der Waals surface area contributed by atoms with E-state index in [1.165, 1.54) is 12.4 Å². The van der Waals surface area contributed by atoms with Gasteiger partial charge in [0.15, 0.2) is 0 Å². The highest BCUT2D eigenvalue weighted by atomic mass is 19.4. The maximum atomic E-state index is 12.9. The molecule has 2 atom stereocenters. The van der Waals surface area contributed by atoms with Crippen LogP contribution in [-0.2, 0) is 10.9 Å². The summed E-state index contributed by atoms with van der Waals surface area (Å²) in [5, 5.41) is 15.9. The van der Waals surface area contributed by atoms with Gasteiger partial charge in [0.25, 0.3) is 0 Å². The number of nitrogens with zero attached hydrogens (tertiary/aromatic N) is 4. The molecule has 0 radical (unpaired) electrons. The SMILES string of the molecule is CO[C@@H]1C[C@@H](c2ncn[nH]2)N(c2ccc(C(F)(F)F)cc2C#N)C1. The van der Waals surface area contributed by atoms with Crippen molar-refractivity contribution in [2.75, 3.05) is 18.6 Å². The van der Waals surface area contributed by atoms with Crippen molar-refractivity contribution < 1.29 is 17.9 Å². The Bertz CT molecular complexity index is 753. The van der Waals surface area contributed by atoms with Crippen LogP contribution < -0.4 is 4.90 Å². The van der Waals surface area contributed by atoms with Crippen molar-refractivity contribution in [1.29, 1.82) is 5.26 Å². The van der Waals surface area contributed by atoms with Gasteiger partial charge in [-0.2, -0.15) is 23.5 Å². The monoisotopic (exact) mass is 337 g/mol. The number of halogens is 3. The van der Waals surface area contributed by atoms with Gasteiger partial charge >= 0.3 is 6.18 Å². The number of nitrogens with one attached hydrogen (secondary N) is 1. The molecule has 1 N–H and O–H groups in total.